The van der Waals surface area contributed by atoms with Crippen molar-refractivity contribution in [2.75, 3.05) is 13.1 Å². The zero-order valence-electron chi connectivity index (χ0n) is 10.2. The first kappa shape index (κ1) is 12.1. The van der Waals surface area contributed by atoms with E-state index in [4.69, 9.17) is 4.74 Å². The lowest BCUT2D eigenvalue weighted by Gasteiger charge is -2.24. The summed E-state index contributed by atoms with van der Waals surface area (Å²) in [6.45, 7) is 13.1. The van der Waals surface area contributed by atoms with E-state index >= 15 is 0 Å². The summed E-state index contributed by atoms with van der Waals surface area (Å²) in [7, 11) is 0. The number of nitrogens with zero attached hydrogens (tertiary/aromatic N) is 1. The molecule has 1 saturated heterocycles. The van der Waals surface area contributed by atoms with Gasteiger partial charge in [0, 0.05) is 13.1 Å². The third-order valence-corrected chi connectivity index (χ3v) is 2.54. The molecule has 0 aromatic heterocycles. The summed E-state index contributed by atoms with van der Waals surface area (Å²) in [5.74, 6) is 0.442. The Bertz CT molecular complexity index is 265. The monoisotopic (exact) mass is 211 g/mol. The maximum Gasteiger partial charge on any atom is 0.410 e. The highest BCUT2D eigenvalue weighted by Crippen LogP contribution is 2.23. The number of carbonyl (C=O) groups is 1. The predicted octanol–water partition coefficient (Wildman–Crippen LogP) is 2.82. The van der Waals surface area contributed by atoms with Gasteiger partial charge in [0.2, 0.25) is 0 Å². The molecule has 1 atom stereocenters. The lowest BCUT2D eigenvalue weighted by Crippen LogP contribution is -2.35. The van der Waals surface area contributed by atoms with Gasteiger partial charge in [0.05, 0.1) is 0 Å². The zero-order valence-corrected chi connectivity index (χ0v) is 10.2. The van der Waals surface area contributed by atoms with Crippen molar-refractivity contribution < 1.29 is 9.53 Å². The molecule has 0 bridgehead atoms. The minimum atomic E-state index is -0.404. The maximum atomic E-state index is 11.7. The summed E-state index contributed by atoms with van der Waals surface area (Å²) in [6.07, 6.45) is 0.806. The van der Waals surface area contributed by atoms with Gasteiger partial charge < -0.3 is 9.64 Å². The molecule has 1 amide bonds. The highest BCUT2D eigenvalue weighted by atomic mass is 16.6. The van der Waals surface area contributed by atoms with Gasteiger partial charge in [-0.15, -0.1) is 0 Å². The van der Waals surface area contributed by atoms with Crippen LogP contribution in [0, 0.1) is 5.92 Å². The van der Waals surface area contributed by atoms with Crippen molar-refractivity contribution >= 4 is 6.09 Å². The fraction of sp³-hybridized carbons (Fsp3) is 0.750. The van der Waals surface area contributed by atoms with Gasteiger partial charge in [0.25, 0.3) is 0 Å². The van der Waals surface area contributed by atoms with Crippen molar-refractivity contribution in [3.8, 4) is 0 Å². The number of rotatable bonds is 1. The number of hydrogen-bond acceptors (Lipinski definition) is 2. The molecule has 0 saturated carbocycles. The standard InChI is InChI=1S/C12H21NO2/c1-9(2)10-6-7-13(8-10)11(14)15-12(3,4)5/h10H,1,6-8H2,2-5H3/t10-/m0/s1. The molecule has 3 nitrogen and oxygen atoms in total. The summed E-state index contributed by atoms with van der Waals surface area (Å²) in [5, 5.41) is 0. The normalized spacial score (nSPS) is 21.6. The summed E-state index contributed by atoms with van der Waals surface area (Å²) in [5.41, 5.74) is 0.749. The van der Waals surface area contributed by atoms with Gasteiger partial charge in [-0.3, -0.25) is 0 Å². The summed E-state index contributed by atoms with van der Waals surface area (Å²) >= 11 is 0. The number of hydrogen-bond donors (Lipinski definition) is 0. The zero-order chi connectivity index (χ0) is 11.6. The van der Waals surface area contributed by atoms with Crippen molar-refractivity contribution in [1.82, 2.24) is 4.90 Å². The average Bonchev–Trinajstić information content (AvgIpc) is 2.47. The van der Waals surface area contributed by atoms with Crippen molar-refractivity contribution in [2.45, 2.75) is 39.7 Å². The Morgan fingerprint density at radius 1 is 1.47 bits per heavy atom. The second-order valence-corrected chi connectivity index (χ2v) is 5.26. The highest BCUT2D eigenvalue weighted by Gasteiger charge is 2.29. The van der Waals surface area contributed by atoms with Crippen LogP contribution < -0.4 is 0 Å². The van der Waals surface area contributed by atoms with Crippen LogP contribution in [-0.2, 0) is 4.74 Å². The third kappa shape index (κ3) is 3.57. The van der Waals surface area contributed by atoms with Crippen LogP contribution in [0.1, 0.15) is 34.1 Å². The summed E-state index contributed by atoms with van der Waals surface area (Å²) in [4.78, 5) is 13.5. The Kier molecular flexibility index (Phi) is 3.42. The minimum Gasteiger partial charge on any atom is -0.444 e. The van der Waals surface area contributed by atoms with Crippen molar-refractivity contribution in [3.63, 3.8) is 0 Å². The van der Waals surface area contributed by atoms with Crippen molar-refractivity contribution in [1.29, 1.82) is 0 Å². The van der Waals surface area contributed by atoms with E-state index in [0.717, 1.165) is 25.1 Å². The average molecular weight is 211 g/mol. The first-order valence-electron chi connectivity index (χ1n) is 5.43. The molecule has 1 heterocycles. The SMILES string of the molecule is C=C(C)[C@H]1CCN(C(=O)OC(C)(C)C)C1. The van der Waals surface area contributed by atoms with Crippen LogP contribution in [0.5, 0.6) is 0 Å². The lowest BCUT2D eigenvalue weighted by atomic mass is 10.0. The molecule has 0 aromatic carbocycles. The van der Waals surface area contributed by atoms with Gasteiger partial charge in [-0.2, -0.15) is 0 Å². The Balaban J connectivity index is 2.47. The van der Waals surface area contributed by atoms with Crippen LogP contribution >= 0.6 is 0 Å². The van der Waals surface area contributed by atoms with Gasteiger partial charge in [0.1, 0.15) is 5.60 Å². The fourth-order valence-corrected chi connectivity index (χ4v) is 1.65. The van der Waals surface area contributed by atoms with E-state index in [1.807, 2.05) is 27.7 Å². The largest absolute Gasteiger partial charge is 0.444 e. The van der Waals surface area contributed by atoms with E-state index < -0.39 is 5.60 Å². The fourth-order valence-electron chi connectivity index (χ4n) is 1.65. The Morgan fingerprint density at radius 2 is 2.07 bits per heavy atom. The van der Waals surface area contributed by atoms with Crippen LogP contribution in [0.15, 0.2) is 12.2 Å². The molecule has 0 unspecified atom stereocenters. The molecule has 1 aliphatic rings. The number of carbonyl (C=O) groups excluding carboxylic acids is 1. The van der Waals surface area contributed by atoms with E-state index in [0.29, 0.717) is 5.92 Å². The van der Waals surface area contributed by atoms with E-state index in [-0.39, 0.29) is 6.09 Å². The summed E-state index contributed by atoms with van der Waals surface area (Å²) < 4.78 is 5.31. The Morgan fingerprint density at radius 3 is 2.47 bits per heavy atom. The molecule has 0 spiro atoms. The van der Waals surface area contributed by atoms with Crippen LogP contribution in [0.2, 0.25) is 0 Å². The molecule has 0 aromatic rings. The second kappa shape index (κ2) is 4.25. The molecule has 0 radical (unpaired) electrons. The molecule has 0 N–H and O–H groups in total. The molecule has 1 rings (SSSR count). The quantitative estimate of drug-likeness (QED) is 0.624. The van der Waals surface area contributed by atoms with E-state index in [9.17, 15) is 4.79 Å². The molecular weight excluding hydrogens is 190 g/mol. The topological polar surface area (TPSA) is 29.5 Å². The van der Waals surface area contributed by atoms with Crippen molar-refractivity contribution in [2.24, 2.45) is 5.92 Å². The molecule has 1 fully saturated rings. The van der Waals surface area contributed by atoms with Gasteiger partial charge in [-0.1, -0.05) is 12.2 Å². The summed E-state index contributed by atoms with van der Waals surface area (Å²) in [6, 6.07) is 0. The number of ether oxygens (including phenoxy) is 1. The first-order valence-corrected chi connectivity index (χ1v) is 5.43. The van der Waals surface area contributed by atoms with E-state index in [1.165, 1.54) is 0 Å². The Hall–Kier alpha value is -0.990. The van der Waals surface area contributed by atoms with Crippen molar-refractivity contribution in [3.05, 3.63) is 12.2 Å². The van der Waals surface area contributed by atoms with Crippen LogP contribution in [-0.4, -0.2) is 29.7 Å². The lowest BCUT2D eigenvalue weighted by molar-refractivity contribution is 0.0290. The third-order valence-electron chi connectivity index (χ3n) is 2.54. The predicted molar refractivity (Wildman–Crippen MR) is 60.7 cm³/mol. The molecule has 15 heavy (non-hydrogen) atoms. The van der Waals surface area contributed by atoms with Gasteiger partial charge in [-0.05, 0) is 40.0 Å². The smallest absolute Gasteiger partial charge is 0.410 e. The molecule has 0 aliphatic carbocycles. The van der Waals surface area contributed by atoms with Gasteiger partial charge >= 0.3 is 6.09 Å². The molecule has 1 aliphatic heterocycles. The first-order chi connectivity index (χ1) is 6.79. The van der Waals surface area contributed by atoms with E-state index in [2.05, 4.69) is 6.58 Å². The molecule has 86 valence electrons. The van der Waals surface area contributed by atoms with E-state index in [1.54, 1.807) is 4.90 Å². The van der Waals surface area contributed by atoms with Crippen LogP contribution in [0.25, 0.3) is 0 Å². The number of likely N-dealkylation sites (tertiary alicyclic amines) is 1. The maximum absolute atomic E-state index is 11.7. The van der Waals surface area contributed by atoms with Crippen LogP contribution in [0.3, 0.4) is 0 Å². The second-order valence-electron chi connectivity index (χ2n) is 5.26. The minimum absolute atomic E-state index is 0.203. The number of amides is 1. The Labute approximate surface area is 92.1 Å². The molecule has 3 heteroatoms. The molecular formula is C12H21NO2. The van der Waals surface area contributed by atoms with Gasteiger partial charge in [-0.25, -0.2) is 4.79 Å². The van der Waals surface area contributed by atoms with Gasteiger partial charge in [0.15, 0.2) is 0 Å². The van der Waals surface area contributed by atoms with Crippen LogP contribution in [0.4, 0.5) is 4.79 Å². The highest BCUT2D eigenvalue weighted by molar-refractivity contribution is 5.68.